The Morgan fingerprint density at radius 2 is 1.12 bits per heavy atom. The molecule has 0 saturated carbocycles. The Bertz CT molecular complexity index is 1040. The average Bonchev–Trinajstić information content (AvgIpc) is 2.87. The van der Waals surface area contributed by atoms with Gasteiger partial charge in [0.05, 0.1) is 10.9 Å². The zero-order valence-electron chi connectivity index (χ0n) is 17.1. The van der Waals surface area contributed by atoms with Crippen LogP contribution in [0.4, 0.5) is 17.6 Å². The third-order valence-corrected chi connectivity index (χ3v) is 7.49. The first-order valence-electron chi connectivity index (χ1n) is 9.84. The second-order valence-electron chi connectivity index (χ2n) is 7.57. The highest BCUT2D eigenvalue weighted by molar-refractivity contribution is 7.97. The zero-order chi connectivity index (χ0) is 23.0. The summed E-state index contributed by atoms with van der Waals surface area (Å²) in [7, 11) is -0.511. The fourth-order valence-corrected chi connectivity index (χ4v) is 5.38. The Balaban J connectivity index is 1.67. The number of phenolic OH excluding ortho intramolecular Hbond substituents is 1. The van der Waals surface area contributed by atoms with E-state index in [9.17, 15) is 22.7 Å². The first-order valence-corrected chi connectivity index (χ1v) is 11.1. The highest BCUT2D eigenvalue weighted by atomic mass is 32.2. The van der Waals surface area contributed by atoms with Gasteiger partial charge in [0.1, 0.15) is 19.0 Å². The van der Waals surface area contributed by atoms with E-state index < -0.39 is 41.7 Å². The number of phenols is 1. The molecule has 1 atom stereocenters. The van der Waals surface area contributed by atoms with E-state index in [1.165, 1.54) is 6.92 Å². The second kappa shape index (κ2) is 8.42. The van der Waals surface area contributed by atoms with E-state index in [1.54, 1.807) is 36.4 Å². The van der Waals surface area contributed by atoms with Crippen LogP contribution in [0.25, 0.3) is 0 Å². The molecule has 1 fully saturated rings. The summed E-state index contributed by atoms with van der Waals surface area (Å²) in [4.78, 5) is 2.92. The monoisotopic (exact) mass is 465 g/mol. The van der Waals surface area contributed by atoms with Gasteiger partial charge in [-0.1, -0.05) is 18.2 Å². The molecular weight excluding hydrogens is 444 g/mol. The van der Waals surface area contributed by atoms with Gasteiger partial charge in [-0.3, -0.25) is 0 Å². The Morgan fingerprint density at radius 1 is 0.688 bits per heavy atom. The van der Waals surface area contributed by atoms with Crippen LogP contribution in [0, 0.1) is 0 Å². The highest BCUT2D eigenvalue weighted by Gasteiger charge is 2.60. The molecule has 1 aliphatic rings. The van der Waals surface area contributed by atoms with Gasteiger partial charge in [-0.15, -0.1) is 0 Å². The minimum absolute atomic E-state index is 0.157. The van der Waals surface area contributed by atoms with Crippen molar-refractivity contribution in [3.8, 4) is 5.75 Å². The number of rotatable bonds is 4. The van der Waals surface area contributed by atoms with Gasteiger partial charge >= 0.3 is 11.8 Å². The van der Waals surface area contributed by atoms with Crippen LogP contribution < -0.4 is 0 Å². The molecule has 4 rings (SSSR count). The number of benzene rings is 3. The Kier molecular flexibility index (Phi) is 5.96. The molecule has 8 heteroatoms. The van der Waals surface area contributed by atoms with Crippen LogP contribution in [-0.2, 0) is 26.2 Å². The Morgan fingerprint density at radius 3 is 1.62 bits per heavy atom. The van der Waals surface area contributed by atoms with E-state index in [4.69, 9.17) is 9.47 Å². The van der Waals surface area contributed by atoms with Crippen molar-refractivity contribution in [2.45, 2.75) is 39.2 Å². The summed E-state index contributed by atoms with van der Waals surface area (Å²) in [5.41, 5.74) is 0.358. The third-order valence-electron chi connectivity index (χ3n) is 5.26. The summed E-state index contributed by atoms with van der Waals surface area (Å²) >= 11 is 0. The minimum atomic E-state index is -4.32. The number of ether oxygens (including phenoxy) is 2. The smallest absolute Gasteiger partial charge is 0.335 e. The molecule has 0 amide bonds. The lowest BCUT2D eigenvalue weighted by molar-refractivity contribution is -0.233. The van der Waals surface area contributed by atoms with Crippen LogP contribution in [0.3, 0.4) is 0 Å². The largest absolute Gasteiger partial charge is 0.508 e. The van der Waals surface area contributed by atoms with Crippen LogP contribution in [-0.4, -0.2) is 30.2 Å². The first-order chi connectivity index (χ1) is 15.1. The van der Waals surface area contributed by atoms with Crippen LogP contribution in [0.2, 0.25) is 0 Å². The van der Waals surface area contributed by atoms with Gasteiger partial charge in [0.25, 0.3) is 0 Å². The predicted molar refractivity (Wildman–Crippen MR) is 112 cm³/mol. The minimum Gasteiger partial charge on any atom is -0.508 e. The predicted octanol–water partition coefficient (Wildman–Crippen LogP) is 5.98. The van der Waals surface area contributed by atoms with Crippen molar-refractivity contribution in [2.75, 3.05) is 13.2 Å². The van der Waals surface area contributed by atoms with Crippen molar-refractivity contribution in [3.63, 3.8) is 0 Å². The highest BCUT2D eigenvalue weighted by Crippen LogP contribution is 2.42. The van der Waals surface area contributed by atoms with E-state index >= 15 is 0 Å². The molecular formula is C24H21F4O3S+. The maximum absolute atomic E-state index is 13.7. The van der Waals surface area contributed by atoms with Crippen molar-refractivity contribution in [1.82, 2.24) is 0 Å². The van der Waals surface area contributed by atoms with Crippen molar-refractivity contribution in [1.29, 1.82) is 0 Å². The fraction of sp³-hybridized carbons (Fsp3) is 0.250. The van der Waals surface area contributed by atoms with Crippen LogP contribution in [0.5, 0.6) is 5.75 Å². The van der Waals surface area contributed by atoms with E-state index in [0.717, 1.165) is 14.7 Å². The molecule has 0 spiro atoms. The Hall–Kier alpha value is -2.55. The standard InChI is InChI=1S/C24H20F4O3S/c1-22(30-15-23(25,26)24(27,28)16-31-22)17-7-11-20(12-8-17)32(19-5-3-2-4-6-19)21-13-9-18(29)10-14-21/h2-14H,15-16H2,1H3/p+1. The Labute approximate surface area is 186 Å². The topological polar surface area (TPSA) is 38.7 Å². The molecule has 1 saturated heterocycles. The van der Waals surface area contributed by atoms with Crippen molar-refractivity contribution >= 4 is 10.9 Å². The lowest BCUT2D eigenvalue weighted by atomic mass is 10.1. The molecule has 0 aromatic heterocycles. The first kappa shape index (κ1) is 22.6. The van der Waals surface area contributed by atoms with Gasteiger partial charge in [0.15, 0.2) is 20.5 Å². The number of halogens is 4. The third kappa shape index (κ3) is 4.35. The van der Waals surface area contributed by atoms with Crippen LogP contribution in [0.15, 0.2) is 93.5 Å². The van der Waals surface area contributed by atoms with E-state index in [1.807, 2.05) is 42.5 Å². The molecule has 168 valence electrons. The van der Waals surface area contributed by atoms with Gasteiger partial charge in [-0.25, -0.2) is 0 Å². The van der Waals surface area contributed by atoms with Gasteiger partial charge < -0.3 is 14.6 Å². The second-order valence-corrected chi connectivity index (χ2v) is 9.60. The van der Waals surface area contributed by atoms with Gasteiger partial charge in [0.2, 0.25) is 0 Å². The number of hydrogen-bond acceptors (Lipinski definition) is 3. The van der Waals surface area contributed by atoms with E-state index in [2.05, 4.69) is 0 Å². The van der Waals surface area contributed by atoms with Crippen molar-refractivity contribution in [2.24, 2.45) is 0 Å². The maximum atomic E-state index is 13.7. The van der Waals surface area contributed by atoms with Crippen molar-refractivity contribution < 1.29 is 32.1 Å². The zero-order valence-corrected chi connectivity index (χ0v) is 17.9. The molecule has 3 nitrogen and oxygen atoms in total. The van der Waals surface area contributed by atoms with Gasteiger partial charge in [-0.2, -0.15) is 17.6 Å². The lowest BCUT2D eigenvalue weighted by Crippen LogP contribution is -2.45. The molecule has 1 unspecified atom stereocenters. The van der Waals surface area contributed by atoms with Crippen LogP contribution in [0.1, 0.15) is 12.5 Å². The molecule has 0 radical (unpaired) electrons. The quantitative estimate of drug-likeness (QED) is 0.381. The molecule has 32 heavy (non-hydrogen) atoms. The van der Waals surface area contributed by atoms with Gasteiger partial charge in [-0.05, 0) is 67.6 Å². The molecule has 1 N–H and O–H groups in total. The number of alkyl halides is 4. The summed E-state index contributed by atoms with van der Waals surface area (Å²) in [6, 6.07) is 23.5. The molecule has 0 bridgehead atoms. The van der Waals surface area contributed by atoms with E-state index in [-0.39, 0.29) is 5.75 Å². The summed E-state index contributed by atoms with van der Waals surface area (Å²) < 4.78 is 65.1. The fourth-order valence-electron chi connectivity index (χ4n) is 3.32. The lowest BCUT2D eigenvalue weighted by Gasteiger charge is -2.28. The van der Waals surface area contributed by atoms with Gasteiger partial charge in [0, 0.05) is 5.56 Å². The van der Waals surface area contributed by atoms with Crippen LogP contribution >= 0.6 is 0 Å². The summed E-state index contributed by atoms with van der Waals surface area (Å²) in [5, 5.41) is 9.65. The summed E-state index contributed by atoms with van der Waals surface area (Å²) in [5.74, 6) is -10.2. The van der Waals surface area contributed by atoms with E-state index in [0.29, 0.717) is 5.56 Å². The summed E-state index contributed by atoms with van der Waals surface area (Å²) in [6.07, 6.45) is 0. The van der Waals surface area contributed by atoms with Crippen molar-refractivity contribution in [3.05, 3.63) is 84.4 Å². The summed E-state index contributed by atoms with van der Waals surface area (Å²) in [6.45, 7) is -1.53. The number of hydrogen-bond donors (Lipinski definition) is 1. The number of aromatic hydroxyl groups is 1. The average molecular weight is 465 g/mol. The molecule has 3 aromatic rings. The maximum Gasteiger partial charge on any atom is 0.335 e. The molecule has 0 aliphatic carbocycles. The molecule has 1 heterocycles. The SMILES string of the molecule is CC1(c2ccc([S+](c3ccccc3)c3ccc(O)cc3)cc2)OCC(F)(F)C(F)(F)CO1. The normalized spacial score (nSPS) is 20.3. The molecule has 1 aliphatic heterocycles. The molecule has 3 aromatic carbocycles.